The van der Waals surface area contributed by atoms with Crippen LogP contribution in [0.1, 0.15) is 79.0 Å². The molecule has 0 aliphatic carbocycles. The van der Waals surface area contributed by atoms with Crippen LogP contribution in [0.25, 0.3) is 0 Å². The van der Waals surface area contributed by atoms with Crippen molar-refractivity contribution in [3.8, 4) is 12.3 Å². The maximum atomic E-state index is 13.7. The predicted molar refractivity (Wildman–Crippen MR) is 140 cm³/mol. The molecule has 0 aromatic heterocycles. The van der Waals surface area contributed by atoms with E-state index in [0.29, 0.717) is 11.1 Å². The summed E-state index contributed by atoms with van der Waals surface area (Å²) in [5, 5.41) is 26.7. The summed E-state index contributed by atoms with van der Waals surface area (Å²) in [4.78, 5) is 40.9. The van der Waals surface area contributed by atoms with Crippen molar-refractivity contribution in [2.45, 2.75) is 97.2 Å². The van der Waals surface area contributed by atoms with Gasteiger partial charge in [-0.25, -0.2) is 4.79 Å². The van der Waals surface area contributed by atoms with E-state index in [2.05, 4.69) is 16.6 Å². The minimum Gasteiger partial charge on any atom is -0.444 e. The Labute approximate surface area is 219 Å². The highest BCUT2D eigenvalue weighted by Crippen LogP contribution is 2.29. The van der Waals surface area contributed by atoms with Gasteiger partial charge < -0.3 is 30.5 Å². The minimum atomic E-state index is -1.34. The molecule has 9 nitrogen and oxygen atoms in total. The van der Waals surface area contributed by atoms with Crippen LogP contribution in [-0.2, 0) is 14.3 Å². The molecule has 1 aromatic rings. The van der Waals surface area contributed by atoms with Crippen molar-refractivity contribution in [3.05, 3.63) is 35.4 Å². The number of amides is 3. The van der Waals surface area contributed by atoms with Gasteiger partial charge in [-0.1, -0.05) is 38.8 Å². The molecule has 1 saturated heterocycles. The van der Waals surface area contributed by atoms with Crippen molar-refractivity contribution in [1.82, 2.24) is 15.5 Å². The molecule has 3 amide bonds. The van der Waals surface area contributed by atoms with Gasteiger partial charge >= 0.3 is 6.09 Å². The van der Waals surface area contributed by atoms with Crippen LogP contribution in [0.5, 0.6) is 0 Å². The van der Waals surface area contributed by atoms with Crippen LogP contribution in [0.15, 0.2) is 24.3 Å². The normalized spacial score (nSPS) is 20.0. The van der Waals surface area contributed by atoms with Gasteiger partial charge in [0.1, 0.15) is 17.7 Å². The largest absolute Gasteiger partial charge is 0.444 e. The lowest BCUT2D eigenvalue weighted by Crippen LogP contribution is -2.58. The van der Waals surface area contributed by atoms with Crippen LogP contribution < -0.4 is 10.6 Å². The number of nitrogens with one attached hydrogen (secondary N) is 2. The second-order valence-corrected chi connectivity index (χ2v) is 12.2. The van der Waals surface area contributed by atoms with Crippen molar-refractivity contribution in [1.29, 1.82) is 0 Å². The molecule has 1 fully saturated rings. The van der Waals surface area contributed by atoms with Crippen LogP contribution in [-0.4, -0.2) is 69.0 Å². The molecule has 204 valence electrons. The van der Waals surface area contributed by atoms with Crippen LogP contribution in [0.3, 0.4) is 0 Å². The van der Waals surface area contributed by atoms with E-state index >= 15 is 0 Å². The van der Waals surface area contributed by atoms with Gasteiger partial charge in [0, 0.05) is 18.5 Å². The lowest BCUT2D eigenvalue weighted by atomic mass is 9.85. The number of alkyl carbamates (subject to hydrolysis) is 1. The number of benzene rings is 1. The van der Waals surface area contributed by atoms with E-state index < -0.39 is 58.8 Å². The van der Waals surface area contributed by atoms with E-state index in [4.69, 9.17) is 11.2 Å². The number of terminal acetylenes is 1. The molecule has 0 saturated carbocycles. The highest BCUT2D eigenvalue weighted by Gasteiger charge is 2.46. The van der Waals surface area contributed by atoms with E-state index in [1.807, 2.05) is 0 Å². The molecule has 0 bridgehead atoms. The van der Waals surface area contributed by atoms with Gasteiger partial charge in [0.25, 0.3) is 0 Å². The zero-order valence-corrected chi connectivity index (χ0v) is 23.1. The molecule has 1 heterocycles. The SMILES string of the molecule is C#Cc1ccc([C@H](NC(=O)[C@@H]2C[C@@H](O)CN2C(=O)[C@@H](NC(=O)OC(C)(C)C)C(C)(C)C)C(C)(C)O)cc1. The Kier molecular flexibility index (Phi) is 9.05. The van der Waals surface area contributed by atoms with Crippen LogP contribution >= 0.6 is 0 Å². The molecule has 0 spiro atoms. The summed E-state index contributed by atoms with van der Waals surface area (Å²) >= 11 is 0. The van der Waals surface area contributed by atoms with Crippen molar-refractivity contribution in [2.75, 3.05) is 6.54 Å². The standard InChI is InChI=1S/C28H41N3O6/c1-10-17-11-13-18(14-12-17)21(28(8,9)36)29-23(33)20-15-19(32)16-31(20)24(34)22(26(2,3)4)30-25(35)37-27(5,6)7/h1,11-14,19-22,32,36H,15-16H2,2-9H3,(H,29,33)(H,30,35)/t19-,20+,21+,22-/m1/s1. The first-order valence-corrected chi connectivity index (χ1v) is 12.4. The maximum Gasteiger partial charge on any atom is 0.408 e. The third kappa shape index (κ3) is 8.20. The predicted octanol–water partition coefficient (Wildman–Crippen LogP) is 2.50. The topological polar surface area (TPSA) is 128 Å². The van der Waals surface area contributed by atoms with E-state index in [0.717, 1.165) is 0 Å². The molecular weight excluding hydrogens is 474 g/mol. The molecule has 2 rings (SSSR count). The molecule has 37 heavy (non-hydrogen) atoms. The third-order valence-corrected chi connectivity index (χ3v) is 6.04. The van der Waals surface area contributed by atoms with Gasteiger partial charge in [-0.15, -0.1) is 6.42 Å². The summed E-state index contributed by atoms with van der Waals surface area (Å²) in [5.74, 6) is 1.50. The number of β-amino-alcohol motifs (C(OH)–C–C–N with tert-alkyl or cyclic N) is 1. The first-order valence-electron chi connectivity index (χ1n) is 12.4. The van der Waals surface area contributed by atoms with Crippen molar-refractivity contribution < 1.29 is 29.3 Å². The maximum absolute atomic E-state index is 13.7. The fourth-order valence-electron chi connectivity index (χ4n) is 4.22. The first-order chi connectivity index (χ1) is 16.8. The van der Waals surface area contributed by atoms with Gasteiger partial charge in [-0.05, 0) is 57.7 Å². The van der Waals surface area contributed by atoms with Crippen molar-refractivity contribution in [3.63, 3.8) is 0 Å². The summed E-state index contributed by atoms with van der Waals surface area (Å²) in [6, 6.07) is 4.07. The number of carbonyl (C=O) groups is 3. The Morgan fingerprint density at radius 2 is 1.62 bits per heavy atom. The van der Waals surface area contributed by atoms with E-state index in [1.165, 1.54) is 4.90 Å². The third-order valence-electron chi connectivity index (χ3n) is 6.04. The number of rotatable bonds is 6. The zero-order valence-electron chi connectivity index (χ0n) is 23.1. The highest BCUT2D eigenvalue weighted by molar-refractivity contribution is 5.92. The lowest BCUT2D eigenvalue weighted by Gasteiger charge is -2.37. The first kappa shape index (κ1) is 30.1. The average molecular weight is 516 g/mol. The molecule has 0 radical (unpaired) electrons. The average Bonchev–Trinajstić information content (AvgIpc) is 3.14. The zero-order chi connectivity index (χ0) is 28.3. The lowest BCUT2D eigenvalue weighted by molar-refractivity contribution is -0.143. The number of hydrogen-bond acceptors (Lipinski definition) is 6. The summed E-state index contributed by atoms with van der Waals surface area (Å²) in [6.07, 6.45) is 3.79. The Bertz CT molecular complexity index is 1020. The number of aliphatic hydroxyl groups is 2. The number of aliphatic hydroxyl groups excluding tert-OH is 1. The number of ether oxygens (including phenoxy) is 1. The Morgan fingerprint density at radius 1 is 1.05 bits per heavy atom. The number of carbonyl (C=O) groups excluding carboxylic acids is 3. The molecule has 1 aromatic carbocycles. The molecule has 0 unspecified atom stereocenters. The summed E-state index contributed by atoms with van der Waals surface area (Å²) in [7, 11) is 0. The molecular formula is C28H41N3O6. The van der Waals surface area contributed by atoms with Gasteiger partial charge in [0.15, 0.2) is 0 Å². The van der Waals surface area contributed by atoms with E-state index in [1.54, 1.807) is 79.7 Å². The Balaban J connectivity index is 2.31. The molecule has 4 atom stereocenters. The second kappa shape index (κ2) is 11.1. The summed E-state index contributed by atoms with van der Waals surface area (Å²) in [6.45, 7) is 13.6. The van der Waals surface area contributed by atoms with Crippen LogP contribution in [0.2, 0.25) is 0 Å². The van der Waals surface area contributed by atoms with Gasteiger partial charge in [0.2, 0.25) is 11.8 Å². The second-order valence-electron chi connectivity index (χ2n) is 12.2. The Morgan fingerprint density at radius 3 is 2.08 bits per heavy atom. The molecule has 4 N–H and O–H groups in total. The highest BCUT2D eigenvalue weighted by atomic mass is 16.6. The van der Waals surface area contributed by atoms with Crippen molar-refractivity contribution in [2.24, 2.45) is 5.41 Å². The quantitative estimate of drug-likeness (QED) is 0.431. The fourth-order valence-corrected chi connectivity index (χ4v) is 4.22. The number of hydrogen-bond donors (Lipinski definition) is 4. The Hall–Kier alpha value is -3.09. The smallest absolute Gasteiger partial charge is 0.408 e. The number of nitrogens with zero attached hydrogens (tertiary/aromatic N) is 1. The molecule has 1 aliphatic rings. The fraction of sp³-hybridized carbons (Fsp3) is 0.607. The van der Waals surface area contributed by atoms with Gasteiger partial charge in [-0.3, -0.25) is 9.59 Å². The van der Waals surface area contributed by atoms with Gasteiger partial charge in [0.05, 0.1) is 17.7 Å². The van der Waals surface area contributed by atoms with E-state index in [9.17, 15) is 24.6 Å². The van der Waals surface area contributed by atoms with Crippen LogP contribution in [0.4, 0.5) is 4.79 Å². The minimum absolute atomic E-state index is 0.0233. The van der Waals surface area contributed by atoms with E-state index in [-0.39, 0.29) is 13.0 Å². The van der Waals surface area contributed by atoms with Crippen LogP contribution in [0, 0.1) is 17.8 Å². The molecule has 1 aliphatic heterocycles. The summed E-state index contributed by atoms with van der Waals surface area (Å²) in [5.41, 5.74) is -1.52. The molecule has 9 heteroatoms. The van der Waals surface area contributed by atoms with Crippen molar-refractivity contribution >= 4 is 17.9 Å². The monoisotopic (exact) mass is 515 g/mol. The number of likely N-dealkylation sites (tertiary alicyclic amines) is 1. The van der Waals surface area contributed by atoms with Gasteiger partial charge in [-0.2, -0.15) is 0 Å². The summed E-state index contributed by atoms with van der Waals surface area (Å²) < 4.78 is 5.34.